The van der Waals surface area contributed by atoms with Crippen LogP contribution in [0.5, 0.6) is 0 Å². The fraction of sp³-hybridized carbons (Fsp3) is 0.364. The fourth-order valence-corrected chi connectivity index (χ4v) is 10.4. The van der Waals surface area contributed by atoms with Crippen molar-refractivity contribution in [3.8, 4) is 0 Å². The number of allylic oxidation sites excluding steroid dienone is 2. The first-order chi connectivity index (χ1) is 27.7. The van der Waals surface area contributed by atoms with E-state index in [9.17, 15) is 14.4 Å². The van der Waals surface area contributed by atoms with Crippen LogP contribution in [0.4, 0.5) is 0 Å². The first-order valence-corrected chi connectivity index (χ1v) is 20.8. The van der Waals surface area contributed by atoms with Crippen LogP contribution in [-0.2, 0) is 14.3 Å². The highest BCUT2D eigenvalue weighted by Crippen LogP contribution is 2.52. The predicted molar refractivity (Wildman–Crippen MR) is 223 cm³/mol. The average molecular weight is 826 g/mol. The molecule has 0 bridgehead atoms. The number of likely N-dealkylation sites (tertiary alicyclic amines) is 3. The molecular formula is C44H43Cl3N6O4. The molecule has 57 heavy (non-hydrogen) atoms. The van der Waals surface area contributed by atoms with E-state index in [-0.39, 0.29) is 42.5 Å². The summed E-state index contributed by atoms with van der Waals surface area (Å²) in [6.07, 6.45) is 8.20. The minimum absolute atomic E-state index is 0.0334. The van der Waals surface area contributed by atoms with E-state index in [0.717, 1.165) is 89.7 Å². The number of nitrogens with one attached hydrogen (secondary N) is 2. The van der Waals surface area contributed by atoms with Gasteiger partial charge in [0.1, 0.15) is 12.3 Å². The summed E-state index contributed by atoms with van der Waals surface area (Å²) in [4.78, 5) is 52.9. The number of aromatic amines is 1. The van der Waals surface area contributed by atoms with E-state index in [1.165, 1.54) is 7.11 Å². The fourth-order valence-electron chi connectivity index (χ4n) is 9.62. The van der Waals surface area contributed by atoms with E-state index >= 15 is 0 Å². The smallest absolute Gasteiger partial charge is 0.268 e. The molecule has 3 aromatic carbocycles. The molecule has 4 aromatic rings. The van der Waals surface area contributed by atoms with Gasteiger partial charge >= 0.3 is 0 Å². The van der Waals surface area contributed by atoms with Crippen molar-refractivity contribution in [1.29, 1.82) is 0 Å². The maximum atomic E-state index is 15.0. The monoisotopic (exact) mass is 824 g/mol. The summed E-state index contributed by atoms with van der Waals surface area (Å²) >= 11 is 20.2. The quantitative estimate of drug-likeness (QED) is 0.179. The Labute approximate surface area is 346 Å². The third-order valence-corrected chi connectivity index (χ3v) is 13.0. The number of carbonyl (C=O) groups is 3. The van der Waals surface area contributed by atoms with Crippen LogP contribution in [0, 0.1) is 0 Å². The molecule has 0 radical (unpaired) electrons. The van der Waals surface area contributed by atoms with E-state index in [4.69, 9.17) is 39.5 Å². The van der Waals surface area contributed by atoms with Gasteiger partial charge < -0.3 is 29.7 Å². The van der Waals surface area contributed by atoms with Gasteiger partial charge in [-0.05, 0) is 72.7 Å². The maximum Gasteiger partial charge on any atom is 0.268 e. The Kier molecular flexibility index (Phi) is 10.4. The van der Waals surface area contributed by atoms with Crippen LogP contribution in [0.2, 0.25) is 15.1 Å². The Morgan fingerprint density at radius 3 is 2.51 bits per heavy atom. The number of carbonyl (C=O) groups excluding carboxylic acids is 3. The zero-order valence-electron chi connectivity index (χ0n) is 31.6. The summed E-state index contributed by atoms with van der Waals surface area (Å²) in [6, 6.07) is 18.7. The number of benzene rings is 3. The third-order valence-electron chi connectivity index (χ3n) is 12.2. The van der Waals surface area contributed by atoms with Crippen molar-refractivity contribution in [2.24, 2.45) is 0 Å². The number of piperidine rings is 2. The minimum atomic E-state index is -0.409. The highest BCUT2D eigenvalue weighted by Gasteiger charge is 2.44. The number of hydrogen-bond donors (Lipinski definition) is 2. The zero-order chi connectivity index (χ0) is 39.4. The molecule has 0 spiro atoms. The molecule has 6 heterocycles. The number of aromatic nitrogens is 1. The van der Waals surface area contributed by atoms with Crippen LogP contribution in [-0.4, -0.2) is 107 Å². The van der Waals surface area contributed by atoms with Gasteiger partial charge in [-0.3, -0.25) is 19.3 Å². The van der Waals surface area contributed by atoms with Gasteiger partial charge in [-0.1, -0.05) is 71.2 Å². The third kappa shape index (κ3) is 6.96. The lowest BCUT2D eigenvalue weighted by atomic mass is 9.84. The van der Waals surface area contributed by atoms with Crippen LogP contribution in [0.25, 0.3) is 22.2 Å². The van der Waals surface area contributed by atoms with E-state index in [0.29, 0.717) is 40.3 Å². The summed E-state index contributed by atoms with van der Waals surface area (Å²) in [7, 11) is 1.52. The van der Waals surface area contributed by atoms with Gasteiger partial charge in [0.15, 0.2) is 0 Å². The lowest BCUT2D eigenvalue weighted by Gasteiger charge is -2.43. The molecule has 3 saturated heterocycles. The number of hydrogen-bond acceptors (Lipinski definition) is 6. The summed E-state index contributed by atoms with van der Waals surface area (Å²) in [5.41, 5.74) is 9.64. The molecule has 9 rings (SSSR count). The molecule has 3 atom stereocenters. The summed E-state index contributed by atoms with van der Waals surface area (Å²) in [5.74, 6) is -0.145. The van der Waals surface area contributed by atoms with Gasteiger partial charge in [0.05, 0.1) is 17.8 Å². The highest BCUT2D eigenvalue weighted by molar-refractivity contribution is 6.35. The minimum Gasteiger partial charge on any atom is -0.375 e. The van der Waals surface area contributed by atoms with Crippen LogP contribution in [0.1, 0.15) is 70.9 Å². The van der Waals surface area contributed by atoms with Gasteiger partial charge in [-0.25, -0.2) is 0 Å². The molecule has 1 aromatic heterocycles. The van der Waals surface area contributed by atoms with Crippen LogP contribution < -0.4 is 5.32 Å². The normalized spacial score (nSPS) is 22.5. The van der Waals surface area contributed by atoms with Crippen molar-refractivity contribution < 1.29 is 19.1 Å². The number of halogens is 3. The Morgan fingerprint density at radius 1 is 0.947 bits per heavy atom. The van der Waals surface area contributed by atoms with Gasteiger partial charge in [0.2, 0.25) is 11.8 Å². The van der Waals surface area contributed by atoms with E-state index in [2.05, 4.69) is 30.7 Å². The maximum absolute atomic E-state index is 15.0. The topological polar surface area (TPSA) is 101 Å². The summed E-state index contributed by atoms with van der Waals surface area (Å²) in [6.45, 7) is 3.15. The summed E-state index contributed by atoms with van der Waals surface area (Å²) in [5, 5.41) is 5.82. The molecule has 3 amide bonds. The molecule has 5 aliphatic heterocycles. The van der Waals surface area contributed by atoms with Crippen molar-refractivity contribution in [1.82, 2.24) is 29.9 Å². The molecule has 3 unspecified atom stereocenters. The number of H-pyrrole nitrogens is 1. The first-order valence-electron chi connectivity index (χ1n) is 19.6. The van der Waals surface area contributed by atoms with E-state index < -0.39 is 6.04 Å². The van der Waals surface area contributed by atoms with Gasteiger partial charge in [-0.2, -0.15) is 0 Å². The molecule has 0 aliphatic carbocycles. The van der Waals surface area contributed by atoms with Crippen molar-refractivity contribution >= 4 is 74.7 Å². The molecular weight excluding hydrogens is 783 g/mol. The second-order valence-electron chi connectivity index (χ2n) is 15.5. The SMILES string of the molecule is COCC(=O)N1CC(NC(=O)c2[nH]c3cc(Cl)cc4c3c2C2=C(c3ccccc3)C=C=CN2C4c2ccc(Cl)cc2Cl)C(N2CCC(N3CCCCC3=O)CC2)C1. The van der Waals surface area contributed by atoms with E-state index in [1.807, 2.05) is 66.9 Å². The Hall–Kier alpha value is -4.54. The molecule has 0 saturated carbocycles. The largest absolute Gasteiger partial charge is 0.375 e. The second-order valence-corrected chi connectivity index (χ2v) is 16.8. The van der Waals surface area contributed by atoms with Gasteiger partial charge in [-0.15, -0.1) is 5.73 Å². The number of ether oxygens (including phenoxy) is 1. The van der Waals surface area contributed by atoms with Crippen molar-refractivity contribution in [2.75, 3.05) is 46.4 Å². The van der Waals surface area contributed by atoms with Crippen molar-refractivity contribution in [3.05, 3.63) is 122 Å². The lowest BCUT2D eigenvalue weighted by molar-refractivity contribution is -0.137. The average Bonchev–Trinajstić information content (AvgIpc) is 3.81. The van der Waals surface area contributed by atoms with Crippen molar-refractivity contribution in [2.45, 2.75) is 56.3 Å². The Morgan fingerprint density at radius 2 is 1.75 bits per heavy atom. The molecule has 10 nitrogen and oxygen atoms in total. The molecule has 13 heteroatoms. The van der Waals surface area contributed by atoms with Gasteiger partial charge in [0, 0.05) is 102 Å². The molecule has 2 N–H and O–H groups in total. The number of fused-ring (bicyclic) bond motifs is 2. The van der Waals surface area contributed by atoms with Crippen molar-refractivity contribution in [3.63, 3.8) is 0 Å². The highest BCUT2D eigenvalue weighted by atomic mass is 35.5. The zero-order valence-corrected chi connectivity index (χ0v) is 33.8. The van der Waals surface area contributed by atoms with E-state index in [1.54, 1.807) is 11.0 Å². The molecule has 294 valence electrons. The Bertz CT molecular complexity index is 2360. The first kappa shape index (κ1) is 38.0. The lowest BCUT2D eigenvalue weighted by Crippen LogP contribution is -2.56. The predicted octanol–water partition coefficient (Wildman–Crippen LogP) is 7.52. The second kappa shape index (κ2) is 15.7. The molecule has 3 fully saturated rings. The van der Waals surface area contributed by atoms with Crippen LogP contribution in [0.3, 0.4) is 0 Å². The Balaban J connectivity index is 1.11. The van der Waals surface area contributed by atoms with Crippen LogP contribution >= 0.6 is 34.8 Å². The number of nitrogens with zero attached hydrogens (tertiary/aromatic N) is 4. The summed E-state index contributed by atoms with van der Waals surface area (Å²) < 4.78 is 5.23. The standard InChI is InChI=1S/C44H43Cl3N6O4/c1-57-25-38(55)51-23-35(36(24-51)50-18-14-29(15-19-50)52-16-6-5-11-37(52)54)49-44(56)41-40-39-32(20-28(46)22-34(39)48-41)42(31-13-12-27(45)21-33(31)47)53-17-7-10-30(43(40)53)26-8-3-2-4-9-26/h2-4,8-10,12-13,17,20-22,29,35-36,42,48H,5-6,11,14-16,18-19,23-25H2,1H3,(H,49,56). The molecule has 5 aliphatic rings. The van der Waals surface area contributed by atoms with Crippen LogP contribution in [0.15, 0.2) is 78.7 Å². The number of amides is 3. The number of rotatable bonds is 8. The van der Waals surface area contributed by atoms with Gasteiger partial charge in [0.25, 0.3) is 5.91 Å². The number of methoxy groups -OCH3 is 1.